The van der Waals surface area contributed by atoms with Crippen LogP contribution in [-0.4, -0.2) is 9.72 Å². The maximum absolute atomic E-state index is 13.1. The van der Waals surface area contributed by atoms with Gasteiger partial charge in [-0.3, -0.25) is 4.79 Å². The van der Waals surface area contributed by atoms with E-state index in [1.165, 1.54) is 0 Å². The van der Waals surface area contributed by atoms with E-state index in [-0.39, 0.29) is 5.43 Å². The summed E-state index contributed by atoms with van der Waals surface area (Å²) in [5.41, 5.74) is 3.00. The second kappa shape index (κ2) is 6.24. The van der Waals surface area contributed by atoms with Crippen molar-refractivity contribution in [2.24, 2.45) is 0 Å². The van der Waals surface area contributed by atoms with Gasteiger partial charge in [0, 0.05) is 29.6 Å². The lowest BCUT2D eigenvalue weighted by Gasteiger charge is -2.10. The first-order valence-electron chi connectivity index (χ1n) is 8.03. The molecule has 0 fully saturated rings. The number of pyridine rings is 1. The Morgan fingerprint density at radius 3 is 1.80 bits per heavy atom. The van der Waals surface area contributed by atoms with Crippen LogP contribution in [0.25, 0.3) is 28.1 Å². The molecule has 0 unspecified atom stereocenters. The Balaban J connectivity index is 2.00. The van der Waals surface area contributed by atoms with Crippen LogP contribution in [0.15, 0.2) is 88.4 Å². The van der Waals surface area contributed by atoms with Crippen LogP contribution in [0.4, 0.5) is 0 Å². The van der Waals surface area contributed by atoms with Crippen molar-refractivity contribution < 1.29 is 4.52 Å². The number of aryl methyl sites for hydroxylation is 1. The van der Waals surface area contributed by atoms with E-state index < -0.39 is 0 Å². The van der Waals surface area contributed by atoms with E-state index in [0.717, 1.165) is 16.9 Å². The lowest BCUT2D eigenvalue weighted by Crippen LogP contribution is -2.12. The van der Waals surface area contributed by atoms with E-state index in [4.69, 9.17) is 4.52 Å². The van der Waals surface area contributed by atoms with Crippen LogP contribution >= 0.6 is 0 Å². The van der Waals surface area contributed by atoms with Gasteiger partial charge < -0.3 is 9.09 Å². The summed E-state index contributed by atoms with van der Waals surface area (Å²) >= 11 is 0. The molecule has 0 N–H and O–H groups in total. The monoisotopic (exact) mass is 328 g/mol. The second-order valence-electron chi connectivity index (χ2n) is 5.85. The fourth-order valence-corrected chi connectivity index (χ4v) is 2.83. The average molecular weight is 328 g/mol. The fraction of sp³-hybridized carbons (Fsp3) is 0.0476. The molecule has 2 aromatic carbocycles. The van der Waals surface area contributed by atoms with Crippen molar-refractivity contribution in [3.63, 3.8) is 0 Å². The number of rotatable bonds is 3. The van der Waals surface area contributed by atoms with Crippen molar-refractivity contribution in [1.82, 2.24) is 9.72 Å². The van der Waals surface area contributed by atoms with Crippen LogP contribution < -0.4 is 5.43 Å². The topological polar surface area (TPSA) is 48.0 Å². The molecule has 0 aliphatic rings. The predicted octanol–water partition coefficient (Wildman–Crippen LogP) is 4.47. The molecule has 0 aliphatic heterocycles. The summed E-state index contributed by atoms with van der Waals surface area (Å²) in [4.78, 5) is 13.1. The largest absolute Gasteiger partial charge is 0.360 e. The lowest BCUT2D eigenvalue weighted by molar-refractivity contribution is 0.395. The summed E-state index contributed by atoms with van der Waals surface area (Å²) < 4.78 is 7.03. The maximum Gasteiger partial charge on any atom is 0.197 e. The van der Waals surface area contributed by atoms with Crippen molar-refractivity contribution in [2.45, 2.75) is 6.92 Å². The predicted molar refractivity (Wildman–Crippen MR) is 97.7 cm³/mol. The Kier molecular flexibility index (Phi) is 3.78. The van der Waals surface area contributed by atoms with Crippen LogP contribution in [0.2, 0.25) is 0 Å². The molecule has 4 nitrogen and oxygen atoms in total. The van der Waals surface area contributed by atoms with Gasteiger partial charge in [-0.2, -0.15) is 0 Å². The van der Waals surface area contributed by atoms with Crippen LogP contribution in [0.3, 0.4) is 0 Å². The Labute approximate surface area is 145 Å². The summed E-state index contributed by atoms with van der Waals surface area (Å²) in [5, 5.41) is 4.07. The van der Waals surface area contributed by atoms with Crippen molar-refractivity contribution in [3.05, 3.63) is 95.1 Å². The molecule has 0 spiro atoms. The van der Waals surface area contributed by atoms with E-state index in [1.54, 1.807) is 12.4 Å². The molecule has 0 bridgehead atoms. The Morgan fingerprint density at radius 2 is 1.36 bits per heavy atom. The van der Waals surface area contributed by atoms with E-state index in [1.807, 2.05) is 78.2 Å². The molecule has 2 heterocycles. The molecule has 0 atom stereocenters. The van der Waals surface area contributed by atoms with Gasteiger partial charge in [-0.05, 0) is 18.1 Å². The van der Waals surface area contributed by atoms with Crippen molar-refractivity contribution in [2.75, 3.05) is 0 Å². The van der Waals surface area contributed by atoms with Crippen LogP contribution in [0.1, 0.15) is 5.76 Å². The first-order valence-corrected chi connectivity index (χ1v) is 8.03. The normalized spacial score (nSPS) is 10.8. The van der Waals surface area contributed by atoms with Crippen LogP contribution in [0.5, 0.6) is 0 Å². The first kappa shape index (κ1) is 15.1. The van der Waals surface area contributed by atoms with E-state index in [9.17, 15) is 4.79 Å². The summed E-state index contributed by atoms with van der Waals surface area (Å²) in [7, 11) is 0. The molecule has 0 radical (unpaired) electrons. The molecule has 4 rings (SSSR count). The van der Waals surface area contributed by atoms with E-state index in [0.29, 0.717) is 16.9 Å². The second-order valence-corrected chi connectivity index (χ2v) is 5.85. The average Bonchev–Trinajstić information content (AvgIpc) is 3.10. The Bertz CT molecular complexity index is 1000. The molecule has 0 saturated carbocycles. The third-order valence-corrected chi connectivity index (χ3v) is 4.08. The molecular weight excluding hydrogens is 312 g/mol. The van der Waals surface area contributed by atoms with Gasteiger partial charge in [0.25, 0.3) is 0 Å². The van der Waals surface area contributed by atoms with Gasteiger partial charge in [-0.25, -0.2) is 0 Å². The molecule has 25 heavy (non-hydrogen) atoms. The maximum atomic E-state index is 13.1. The van der Waals surface area contributed by atoms with Gasteiger partial charge in [-0.15, -0.1) is 0 Å². The SMILES string of the molecule is Cc1cc(-n2cc(-c3ccccc3)c(=O)c(-c3ccccc3)c2)no1. The molecule has 0 saturated heterocycles. The molecule has 2 aromatic heterocycles. The first-order chi connectivity index (χ1) is 12.2. The van der Waals surface area contributed by atoms with Gasteiger partial charge in [-0.1, -0.05) is 65.8 Å². The molecular formula is C21H16N2O2. The minimum Gasteiger partial charge on any atom is -0.360 e. The summed E-state index contributed by atoms with van der Waals surface area (Å²) in [6.07, 6.45) is 3.61. The highest BCUT2D eigenvalue weighted by molar-refractivity contribution is 5.72. The Hall–Kier alpha value is -3.40. The number of benzene rings is 2. The highest BCUT2D eigenvalue weighted by Crippen LogP contribution is 2.23. The van der Waals surface area contributed by atoms with Crippen molar-refractivity contribution >= 4 is 0 Å². The molecule has 4 heteroatoms. The molecule has 0 amide bonds. The van der Waals surface area contributed by atoms with Crippen LogP contribution in [0, 0.1) is 6.92 Å². The molecule has 122 valence electrons. The van der Waals surface area contributed by atoms with Gasteiger partial charge in [0.15, 0.2) is 11.2 Å². The summed E-state index contributed by atoms with van der Waals surface area (Å²) in [6, 6.07) is 21.1. The quantitative estimate of drug-likeness (QED) is 0.557. The Morgan fingerprint density at radius 1 is 0.840 bits per heavy atom. The van der Waals surface area contributed by atoms with Gasteiger partial charge in [0.2, 0.25) is 0 Å². The third-order valence-electron chi connectivity index (χ3n) is 4.08. The molecule has 0 aliphatic carbocycles. The van der Waals surface area contributed by atoms with E-state index in [2.05, 4.69) is 5.16 Å². The third kappa shape index (κ3) is 2.90. The number of hydrogen-bond acceptors (Lipinski definition) is 3. The smallest absolute Gasteiger partial charge is 0.197 e. The number of nitrogens with zero attached hydrogens (tertiary/aromatic N) is 2. The minimum absolute atomic E-state index is 0.00568. The molecule has 4 aromatic rings. The fourth-order valence-electron chi connectivity index (χ4n) is 2.83. The summed E-state index contributed by atoms with van der Waals surface area (Å²) in [6.45, 7) is 1.84. The summed E-state index contributed by atoms with van der Waals surface area (Å²) in [5.74, 6) is 1.36. The standard InChI is InChI=1S/C21H16N2O2/c1-15-12-20(22-25-15)23-13-18(16-8-4-2-5-9-16)21(24)19(14-23)17-10-6-3-7-11-17/h2-14H,1H3. The van der Waals surface area contributed by atoms with Crippen molar-refractivity contribution in [1.29, 1.82) is 0 Å². The minimum atomic E-state index is -0.00568. The van der Waals surface area contributed by atoms with Gasteiger partial charge in [0.1, 0.15) is 5.76 Å². The highest BCUT2D eigenvalue weighted by atomic mass is 16.5. The zero-order valence-corrected chi connectivity index (χ0v) is 13.7. The highest BCUT2D eigenvalue weighted by Gasteiger charge is 2.13. The van der Waals surface area contributed by atoms with Crippen LogP contribution in [-0.2, 0) is 0 Å². The van der Waals surface area contributed by atoms with E-state index >= 15 is 0 Å². The zero-order chi connectivity index (χ0) is 17.2. The zero-order valence-electron chi connectivity index (χ0n) is 13.7. The van der Waals surface area contributed by atoms with Crippen molar-refractivity contribution in [3.8, 4) is 28.1 Å². The number of hydrogen-bond donors (Lipinski definition) is 0. The van der Waals surface area contributed by atoms with Gasteiger partial charge in [0.05, 0.1) is 0 Å². The van der Waals surface area contributed by atoms with Gasteiger partial charge >= 0.3 is 0 Å². The lowest BCUT2D eigenvalue weighted by atomic mass is 10.0. The number of aromatic nitrogens is 2.